The number of rotatable bonds is 6. The van der Waals surface area contributed by atoms with Crippen LogP contribution in [0.15, 0.2) is 53.3 Å². The summed E-state index contributed by atoms with van der Waals surface area (Å²) in [4.78, 5) is 26.8. The van der Waals surface area contributed by atoms with Crippen molar-refractivity contribution in [2.45, 2.75) is 0 Å². The molecule has 0 aliphatic rings. The Morgan fingerprint density at radius 2 is 1.84 bits per heavy atom. The van der Waals surface area contributed by atoms with Gasteiger partial charge in [0.2, 0.25) is 0 Å². The van der Waals surface area contributed by atoms with Gasteiger partial charge in [0, 0.05) is 25.3 Å². The molecule has 1 aromatic heterocycles. The molecule has 8 heteroatoms. The number of nitrogens with zero attached hydrogens (tertiary/aromatic N) is 4. The Morgan fingerprint density at radius 3 is 2.42 bits per heavy atom. The molecule has 0 saturated heterocycles. The van der Waals surface area contributed by atoms with E-state index in [0.29, 0.717) is 5.75 Å². The van der Waals surface area contributed by atoms with Crippen molar-refractivity contribution >= 4 is 23.8 Å². The van der Waals surface area contributed by atoms with Crippen LogP contribution < -0.4 is 15.2 Å². The zero-order valence-electron chi connectivity index (χ0n) is 17.2. The first-order chi connectivity index (χ1) is 14.9. The van der Waals surface area contributed by atoms with Crippen LogP contribution in [0.4, 0.5) is 5.69 Å². The molecule has 3 aromatic rings. The maximum atomic E-state index is 13.0. The van der Waals surface area contributed by atoms with Crippen LogP contribution in [0.2, 0.25) is 0 Å². The summed E-state index contributed by atoms with van der Waals surface area (Å²) >= 11 is 0. The molecule has 0 spiro atoms. The van der Waals surface area contributed by atoms with Gasteiger partial charge in [0.25, 0.3) is 5.56 Å². The monoisotopic (exact) mass is 416 g/mol. The highest BCUT2D eigenvalue weighted by Gasteiger charge is 2.22. The molecule has 0 radical (unpaired) electrons. The van der Waals surface area contributed by atoms with Crippen molar-refractivity contribution in [3.05, 3.63) is 81.3 Å². The zero-order chi connectivity index (χ0) is 22.5. The van der Waals surface area contributed by atoms with Crippen molar-refractivity contribution in [1.82, 2.24) is 9.78 Å². The second-order valence-corrected chi connectivity index (χ2v) is 6.76. The third-order valence-electron chi connectivity index (χ3n) is 4.61. The third-order valence-corrected chi connectivity index (χ3v) is 4.61. The molecule has 1 heterocycles. The number of benzene rings is 2. The zero-order valence-corrected chi connectivity index (χ0v) is 17.2. The van der Waals surface area contributed by atoms with Gasteiger partial charge >= 0.3 is 5.97 Å². The highest BCUT2D eigenvalue weighted by atomic mass is 16.5. The van der Waals surface area contributed by atoms with Crippen molar-refractivity contribution in [1.29, 1.82) is 5.26 Å². The second-order valence-electron chi connectivity index (χ2n) is 6.76. The molecule has 0 amide bonds. The lowest BCUT2D eigenvalue weighted by Crippen LogP contribution is -2.28. The summed E-state index contributed by atoms with van der Waals surface area (Å²) in [5, 5.41) is 23.4. The van der Waals surface area contributed by atoms with Crippen LogP contribution >= 0.6 is 0 Å². The fourth-order valence-corrected chi connectivity index (χ4v) is 3.00. The predicted octanol–water partition coefficient (Wildman–Crippen LogP) is 3.05. The van der Waals surface area contributed by atoms with E-state index in [9.17, 15) is 20.0 Å². The van der Waals surface area contributed by atoms with E-state index >= 15 is 0 Å². The van der Waals surface area contributed by atoms with E-state index in [2.05, 4.69) is 5.10 Å². The van der Waals surface area contributed by atoms with Crippen LogP contribution in [0.5, 0.6) is 5.75 Å². The maximum absolute atomic E-state index is 13.0. The molecule has 31 heavy (non-hydrogen) atoms. The second kappa shape index (κ2) is 8.97. The molecule has 3 rings (SSSR count). The highest BCUT2D eigenvalue weighted by molar-refractivity contribution is 5.92. The number of carboxylic acids is 1. The van der Waals surface area contributed by atoms with Crippen molar-refractivity contribution in [3.8, 4) is 17.5 Å². The number of aromatic nitrogens is 2. The number of anilines is 1. The lowest BCUT2D eigenvalue weighted by molar-refractivity contribution is 0.0688. The van der Waals surface area contributed by atoms with Crippen molar-refractivity contribution in [2.75, 3.05) is 26.1 Å². The number of methoxy groups -OCH3 is 1. The van der Waals surface area contributed by atoms with Gasteiger partial charge in [0.15, 0.2) is 5.69 Å². The van der Waals surface area contributed by atoms with Gasteiger partial charge in [0.05, 0.1) is 7.11 Å². The standard InChI is InChI=1S/C23H20N4O4/c1-26(2)16-11-8-15(9-12-16)10-13-17-18(14-24)22(28)27(25-21(17)23(29)30)19-6-4-5-7-20(19)31-3/h4-13H,1-3H3,(H,29,30)/b13-10-. The van der Waals surface area contributed by atoms with Crippen LogP contribution in [0.1, 0.15) is 27.2 Å². The van der Waals surface area contributed by atoms with Gasteiger partial charge in [-0.1, -0.05) is 36.4 Å². The fraction of sp³-hybridized carbons (Fsp3) is 0.130. The normalized spacial score (nSPS) is 10.6. The van der Waals surface area contributed by atoms with Crippen LogP contribution in [0, 0.1) is 11.3 Å². The minimum absolute atomic E-state index is 0.0529. The number of aromatic carboxylic acids is 1. The van der Waals surface area contributed by atoms with Gasteiger partial charge in [-0.15, -0.1) is 0 Å². The number of carbonyl (C=O) groups is 1. The molecular weight excluding hydrogens is 396 g/mol. The molecule has 0 fully saturated rings. The Labute approximate surface area is 178 Å². The van der Waals surface area contributed by atoms with Gasteiger partial charge in [-0.05, 0) is 29.8 Å². The summed E-state index contributed by atoms with van der Waals surface area (Å²) in [5.41, 5.74) is 0.496. The average molecular weight is 416 g/mol. The Bertz CT molecular complexity index is 1250. The smallest absolute Gasteiger partial charge is 0.357 e. The molecule has 0 atom stereocenters. The van der Waals surface area contributed by atoms with Crippen molar-refractivity contribution < 1.29 is 14.6 Å². The average Bonchev–Trinajstić information content (AvgIpc) is 2.77. The molecular formula is C23H20N4O4. The van der Waals surface area contributed by atoms with Crippen molar-refractivity contribution in [2.24, 2.45) is 0 Å². The molecule has 0 unspecified atom stereocenters. The molecule has 0 bridgehead atoms. The first-order valence-corrected chi connectivity index (χ1v) is 9.27. The van der Waals surface area contributed by atoms with Gasteiger partial charge in [-0.25, -0.2) is 4.79 Å². The van der Waals surface area contributed by atoms with Crippen molar-refractivity contribution in [3.63, 3.8) is 0 Å². The molecule has 0 aliphatic carbocycles. The first kappa shape index (κ1) is 21.3. The molecule has 0 saturated carbocycles. The number of hydrogen-bond acceptors (Lipinski definition) is 6. The lowest BCUT2D eigenvalue weighted by Gasteiger charge is -2.13. The van der Waals surface area contributed by atoms with E-state index < -0.39 is 17.2 Å². The SMILES string of the molecule is COc1ccccc1-n1nc(C(=O)O)c(/C=C\c2ccc(N(C)C)cc2)c(C#N)c1=O. The molecule has 0 aliphatic heterocycles. The van der Waals surface area contributed by atoms with Gasteiger partial charge in [-0.3, -0.25) is 4.79 Å². The Hall–Kier alpha value is -4.38. The summed E-state index contributed by atoms with van der Waals surface area (Å²) in [6, 6.07) is 15.9. The topological polar surface area (TPSA) is 108 Å². The van der Waals surface area contributed by atoms with E-state index in [1.54, 1.807) is 30.3 Å². The van der Waals surface area contributed by atoms with E-state index in [1.807, 2.05) is 49.3 Å². The highest BCUT2D eigenvalue weighted by Crippen LogP contribution is 2.22. The number of para-hydroxylation sites is 2. The lowest BCUT2D eigenvalue weighted by atomic mass is 10.1. The summed E-state index contributed by atoms with van der Waals surface area (Å²) in [6.07, 6.45) is 3.06. The first-order valence-electron chi connectivity index (χ1n) is 9.27. The van der Waals surface area contributed by atoms with E-state index in [-0.39, 0.29) is 16.8 Å². The fourth-order valence-electron chi connectivity index (χ4n) is 3.00. The Balaban J connectivity index is 2.17. The Kier molecular flexibility index (Phi) is 6.17. The van der Waals surface area contributed by atoms with Crippen LogP contribution in [0.3, 0.4) is 0 Å². The quantitative estimate of drug-likeness (QED) is 0.658. The molecule has 1 N–H and O–H groups in total. The van der Waals surface area contributed by atoms with E-state index in [1.165, 1.54) is 13.2 Å². The summed E-state index contributed by atoms with van der Waals surface area (Å²) in [5.74, 6) is -1.04. The summed E-state index contributed by atoms with van der Waals surface area (Å²) in [6.45, 7) is 0. The molecule has 156 valence electrons. The molecule has 8 nitrogen and oxygen atoms in total. The number of carboxylic acid groups (broad SMARTS) is 1. The number of nitriles is 1. The third kappa shape index (κ3) is 4.31. The van der Waals surface area contributed by atoms with Gasteiger partial charge in [0.1, 0.15) is 23.1 Å². The van der Waals surface area contributed by atoms with E-state index in [4.69, 9.17) is 4.74 Å². The van der Waals surface area contributed by atoms with Gasteiger partial charge in [-0.2, -0.15) is 15.0 Å². The molecule has 2 aromatic carbocycles. The maximum Gasteiger partial charge on any atom is 0.357 e. The number of hydrogen-bond donors (Lipinski definition) is 1. The van der Waals surface area contributed by atoms with Crippen LogP contribution in [-0.4, -0.2) is 42.1 Å². The largest absolute Gasteiger partial charge is 0.494 e. The predicted molar refractivity (Wildman–Crippen MR) is 118 cm³/mol. The summed E-state index contributed by atoms with van der Waals surface area (Å²) in [7, 11) is 5.27. The number of ether oxygens (including phenoxy) is 1. The summed E-state index contributed by atoms with van der Waals surface area (Å²) < 4.78 is 6.12. The van der Waals surface area contributed by atoms with Crippen LogP contribution in [0.25, 0.3) is 17.8 Å². The van der Waals surface area contributed by atoms with Gasteiger partial charge < -0.3 is 14.7 Å². The minimum atomic E-state index is -1.36. The minimum Gasteiger partial charge on any atom is -0.494 e. The van der Waals surface area contributed by atoms with Crippen LogP contribution in [-0.2, 0) is 0 Å². The van der Waals surface area contributed by atoms with E-state index in [0.717, 1.165) is 15.9 Å². The Morgan fingerprint density at radius 1 is 1.16 bits per heavy atom.